The summed E-state index contributed by atoms with van der Waals surface area (Å²) in [7, 11) is 0. The van der Waals surface area contributed by atoms with Crippen molar-refractivity contribution in [1.82, 2.24) is 4.98 Å². The Kier molecular flexibility index (Phi) is 6.40. The zero-order valence-corrected chi connectivity index (χ0v) is 18.3. The minimum atomic E-state index is -5.38. The number of aliphatic hydroxyl groups is 1. The first-order valence-electron chi connectivity index (χ1n) is 9.57. The summed E-state index contributed by atoms with van der Waals surface area (Å²) < 4.78 is 55.4. The molecule has 1 aromatic heterocycles. The Labute approximate surface area is 190 Å². The molecule has 0 spiro atoms. The van der Waals surface area contributed by atoms with Crippen LogP contribution >= 0.6 is 11.3 Å². The van der Waals surface area contributed by atoms with Crippen LogP contribution in [-0.4, -0.2) is 38.0 Å². The number of nitrogens with one attached hydrogen (secondary N) is 1. The quantitative estimate of drug-likeness (QED) is 0.371. The largest absolute Gasteiger partial charge is 0.508 e. The predicted molar refractivity (Wildman–Crippen MR) is 115 cm³/mol. The van der Waals surface area contributed by atoms with E-state index in [0.29, 0.717) is 11.3 Å². The molecule has 1 amide bonds. The molecule has 3 rings (SSSR count). The molecule has 0 saturated carbocycles. The highest BCUT2D eigenvalue weighted by molar-refractivity contribution is 7.14. The van der Waals surface area contributed by atoms with E-state index in [9.17, 15) is 37.7 Å². The van der Waals surface area contributed by atoms with Crippen LogP contribution in [-0.2, 0) is 10.2 Å². The van der Waals surface area contributed by atoms with Crippen LogP contribution in [0.3, 0.4) is 0 Å². The van der Waals surface area contributed by atoms with Gasteiger partial charge in [-0.1, -0.05) is 13.8 Å². The number of thiazole rings is 1. The summed E-state index contributed by atoms with van der Waals surface area (Å²) in [5.41, 5.74) is -4.80. The second kappa shape index (κ2) is 8.64. The number of benzene rings is 2. The van der Waals surface area contributed by atoms with Gasteiger partial charge in [-0.25, -0.2) is 9.37 Å². The molecule has 1 unspecified atom stereocenters. The predicted octanol–water partition coefficient (Wildman–Crippen LogP) is 4.96. The van der Waals surface area contributed by atoms with E-state index in [-0.39, 0.29) is 16.4 Å². The second-order valence-corrected chi connectivity index (χ2v) is 8.98. The fourth-order valence-corrected chi connectivity index (χ4v) is 4.11. The molecular weight excluding hydrogens is 464 g/mol. The first-order valence-corrected chi connectivity index (χ1v) is 10.5. The van der Waals surface area contributed by atoms with E-state index in [0.717, 1.165) is 29.5 Å². The molecular formula is C22H20F4N2O4S. The van der Waals surface area contributed by atoms with Crippen LogP contribution in [0, 0.1) is 5.82 Å². The van der Waals surface area contributed by atoms with Crippen LogP contribution in [0.15, 0.2) is 47.8 Å². The number of nitrogens with zero attached hydrogens (tertiary/aromatic N) is 1. The van der Waals surface area contributed by atoms with Crippen molar-refractivity contribution in [2.45, 2.75) is 37.5 Å². The number of hydrogen-bond acceptors (Lipinski definition) is 6. The van der Waals surface area contributed by atoms with E-state index in [2.05, 4.69) is 4.98 Å². The van der Waals surface area contributed by atoms with E-state index in [1.165, 1.54) is 43.5 Å². The maximum Gasteiger partial charge on any atom is 0.426 e. The zero-order chi connectivity index (χ0) is 24.6. The van der Waals surface area contributed by atoms with Gasteiger partial charge >= 0.3 is 6.18 Å². The van der Waals surface area contributed by atoms with Crippen molar-refractivity contribution in [2.75, 3.05) is 5.32 Å². The summed E-state index contributed by atoms with van der Waals surface area (Å²) in [5.74, 6) is -3.00. The van der Waals surface area contributed by atoms with Gasteiger partial charge in [0.25, 0.3) is 5.91 Å². The van der Waals surface area contributed by atoms with Crippen molar-refractivity contribution >= 4 is 22.4 Å². The van der Waals surface area contributed by atoms with Crippen molar-refractivity contribution in [2.24, 2.45) is 0 Å². The first-order chi connectivity index (χ1) is 15.2. The number of hydrogen-bond donors (Lipinski definition) is 4. The molecule has 0 aliphatic heterocycles. The van der Waals surface area contributed by atoms with Gasteiger partial charge in [0.1, 0.15) is 17.3 Å². The van der Waals surface area contributed by atoms with E-state index >= 15 is 0 Å². The molecule has 0 fully saturated rings. The molecule has 0 bridgehead atoms. The molecule has 1 atom stereocenters. The lowest BCUT2D eigenvalue weighted by atomic mass is 9.74. The fourth-order valence-electron chi connectivity index (χ4n) is 3.39. The summed E-state index contributed by atoms with van der Waals surface area (Å²) in [6.45, 7) is 2.50. The van der Waals surface area contributed by atoms with Crippen molar-refractivity contribution in [3.8, 4) is 22.8 Å². The van der Waals surface area contributed by atoms with E-state index in [1.54, 1.807) is 0 Å². The summed E-state index contributed by atoms with van der Waals surface area (Å²) in [6, 6.07) is 8.66. The molecule has 6 nitrogen and oxygen atoms in total. The van der Waals surface area contributed by atoms with Crippen molar-refractivity contribution in [3.63, 3.8) is 0 Å². The number of phenolic OH excluding ortho intramolecular Hbond substituents is 2. The molecule has 3 aromatic rings. The van der Waals surface area contributed by atoms with Gasteiger partial charge in [-0.15, -0.1) is 11.3 Å². The molecule has 0 aliphatic rings. The number of carbonyl (C=O) groups excluding carboxylic acids is 1. The molecule has 4 N–H and O–H groups in total. The monoisotopic (exact) mass is 484 g/mol. The van der Waals surface area contributed by atoms with Crippen LogP contribution in [0.4, 0.5) is 22.7 Å². The average molecular weight is 484 g/mol. The van der Waals surface area contributed by atoms with Gasteiger partial charge in [0.05, 0.1) is 5.69 Å². The zero-order valence-electron chi connectivity index (χ0n) is 17.4. The normalized spacial score (nSPS) is 14.0. The van der Waals surface area contributed by atoms with Crippen LogP contribution in [0.2, 0.25) is 0 Å². The molecule has 0 aliphatic carbocycles. The van der Waals surface area contributed by atoms with Crippen LogP contribution in [0.1, 0.15) is 25.8 Å². The highest BCUT2D eigenvalue weighted by Crippen LogP contribution is 2.44. The fraction of sp³-hybridized carbons (Fsp3) is 0.273. The van der Waals surface area contributed by atoms with Crippen LogP contribution < -0.4 is 5.32 Å². The van der Waals surface area contributed by atoms with Gasteiger partial charge in [0.15, 0.2) is 5.13 Å². The Bertz CT molecular complexity index is 1160. The maximum absolute atomic E-state index is 13.9. The number of anilines is 1. The molecule has 1 heterocycles. The highest BCUT2D eigenvalue weighted by atomic mass is 32.1. The Morgan fingerprint density at radius 1 is 1.09 bits per heavy atom. The third-order valence-electron chi connectivity index (χ3n) is 5.12. The topological polar surface area (TPSA) is 103 Å². The number of halogens is 4. The van der Waals surface area contributed by atoms with Gasteiger partial charge < -0.3 is 15.3 Å². The molecule has 33 heavy (non-hydrogen) atoms. The lowest BCUT2D eigenvalue weighted by Gasteiger charge is -2.36. The summed E-state index contributed by atoms with van der Waals surface area (Å²) in [4.78, 5) is 16.7. The minimum absolute atomic E-state index is 0.0182. The van der Waals surface area contributed by atoms with E-state index < -0.39 is 41.1 Å². The van der Waals surface area contributed by atoms with Gasteiger partial charge in [-0.05, 0) is 47.9 Å². The third kappa shape index (κ3) is 5.09. The van der Waals surface area contributed by atoms with Crippen molar-refractivity contribution in [3.05, 3.63) is 59.2 Å². The van der Waals surface area contributed by atoms with Crippen LogP contribution in [0.5, 0.6) is 11.5 Å². The number of aromatic nitrogens is 1. The molecule has 11 heteroatoms. The lowest BCUT2D eigenvalue weighted by Crippen LogP contribution is -2.57. The van der Waals surface area contributed by atoms with Gasteiger partial charge in [-0.2, -0.15) is 13.2 Å². The van der Waals surface area contributed by atoms with E-state index in [1.807, 2.05) is 5.32 Å². The van der Waals surface area contributed by atoms with Gasteiger partial charge in [0, 0.05) is 22.9 Å². The number of aromatic hydroxyl groups is 2. The summed E-state index contributed by atoms with van der Waals surface area (Å²) >= 11 is 0.849. The highest BCUT2D eigenvalue weighted by Gasteiger charge is 2.61. The van der Waals surface area contributed by atoms with Crippen LogP contribution in [0.25, 0.3) is 11.3 Å². The van der Waals surface area contributed by atoms with E-state index in [4.69, 9.17) is 0 Å². The Hall–Kier alpha value is -3.18. The molecule has 0 saturated heterocycles. The number of phenols is 2. The third-order valence-corrected chi connectivity index (χ3v) is 5.88. The minimum Gasteiger partial charge on any atom is -0.508 e. The smallest absolute Gasteiger partial charge is 0.426 e. The first kappa shape index (κ1) is 24.5. The lowest BCUT2D eigenvalue weighted by molar-refractivity contribution is -0.254. The molecule has 2 aromatic carbocycles. The summed E-state index contributed by atoms with van der Waals surface area (Å²) in [5, 5.41) is 33.2. The number of alkyl halides is 3. The molecule has 0 radical (unpaired) electrons. The van der Waals surface area contributed by atoms with Crippen molar-refractivity contribution < 1.29 is 37.7 Å². The van der Waals surface area contributed by atoms with Gasteiger partial charge in [-0.3, -0.25) is 10.1 Å². The Morgan fingerprint density at radius 3 is 2.33 bits per heavy atom. The number of amides is 1. The van der Waals surface area contributed by atoms with Gasteiger partial charge in [0.2, 0.25) is 5.60 Å². The average Bonchev–Trinajstić information content (AvgIpc) is 3.17. The standard InChI is InChI=1S/C22H20F4N2O4S/c1-20(2,15-9-13(23)5-8-17(15)30)11-21(32,22(24,25)26)18(31)28-19-27-16(10-33-19)12-3-6-14(29)7-4-12/h3-10,29-30,32H,11H2,1-2H3,(H,27,28,31). The summed E-state index contributed by atoms with van der Waals surface area (Å²) in [6.07, 6.45) is -6.57. The SMILES string of the molecule is CC(C)(CC(O)(C(=O)Nc1nc(-c2ccc(O)cc2)cs1)C(F)(F)F)c1cc(F)ccc1O. The molecule has 176 valence electrons. The number of rotatable bonds is 6. The second-order valence-electron chi connectivity index (χ2n) is 8.12. The maximum atomic E-state index is 13.9. The Balaban J connectivity index is 1.88. The van der Waals surface area contributed by atoms with Crippen molar-refractivity contribution in [1.29, 1.82) is 0 Å². The number of carbonyl (C=O) groups is 1. The Morgan fingerprint density at radius 2 is 1.73 bits per heavy atom.